The van der Waals surface area contributed by atoms with Gasteiger partial charge in [0.2, 0.25) is 0 Å². The molecule has 0 aromatic carbocycles. The molecule has 3 aliphatic rings. The van der Waals surface area contributed by atoms with Gasteiger partial charge in [-0.05, 0) is 11.8 Å². The third-order valence-electron chi connectivity index (χ3n) is 1.97. The Kier molecular flexibility index (Phi) is 2.79. The van der Waals surface area contributed by atoms with Crippen LogP contribution in [-0.4, -0.2) is 44.4 Å². The molecule has 3 rings (SSSR count). The van der Waals surface area contributed by atoms with Crippen molar-refractivity contribution >= 4 is 18.5 Å². The van der Waals surface area contributed by atoms with Crippen LogP contribution in [0.15, 0.2) is 0 Å². The summed E-state index contributed by atoms with van der Waals surface area (Å²) in [6.07, 6.45) is 0. The van der Waals surface area contributed by atoms with Crippen LogP contribution in [0.2, 0.25) is 0 Å². The van der Waals surface area contributed by atoms with Crippen molar-refractivity contribution in [2.24, 2.45) is 0 Å². The van der Waals surface area contributed by atoms with Crippen molar-refractivity contribution < 1.29 is 13.6 Å². The maximum atomic E-state index is 5.38. The highest BCUT2D eigenvalue weighted by Gasteiger charge is 2.26. The van der Waals surface area contributed by atoms with Crippen molar-refractivity contribution in [2.45, 2.75) is 0 Å². The fourth-order valence-corrected chi connectivity index (χ4v) is 3.10. The third-order valence-corrected chi connectivity index (χ3v) is 4.42. The van der Waals surface area contributed by atoms with E-state index in [1.807, 2.05) is 0 Å². The van der Waals surface area contributed by atoms with Gasteiger partial charge in [0.15, 0.2) is 0 Å². The van der Waals surface area contributed by atoms with E-state index in [1.165, 1.54) is 0 Å². The van der Waals surface area contributed by atoms with Crippen LogP contribution >= 0.6 is 6.72 Å². The van der Waals surface area contributed by atoms with Gasteiger partial charge in [0.25, 0.3) is 0 Å². The Morgan fingerprint density at radius 1 is 0.917 bits per heavy atom. The molecule has 0 amide bonds. The first-order chi connectivity index (χ1) is 5.79. The molecule has 4 nitrogen and oxygen atoms in total. The molecule has 0 atom stereocenters. The lowest BCUT2D eigenvalue weighted by Gasteiger charge is -2.33. The molecule has 12 heavy (non-hydrogen) atoms. The second-order valence-corrected chi connectivity index (χ2v) is 5.80. The minimum absolute atomic E-state index is 0.636. The molecule has 3 heterocycles. The summed E-state index contributed by atoms with van der Waals surface area (Å²) in [4.78, 5) is 2.26. The van der Waals surface area contributed by atoms with Gasteiger partial charge < -0.3 is 13.6 Å². The summed E-state index contributed by atoms with van der Waals surface area (Å²) in [5, 5.41) is 0. The lowest BCUT2D eigenvalue weighted by Crippen LogP contribution is -2.37. The van der Waals surface area contributed by atoms with E-state index < -0.39 is 6.72 Å². The first-order valence-corrected chi connectivity index (χ1v) is 6.60. The number of rotatable bonds is 0. The normalized spacial score (nSPS) is 43.2. The van der Waals surface area contributed by atoms with Crippen molar-refractivity contribution in [3.05, 3.63) is 0 Å². The van der Waals surface area contributed by atoms with Gasteiger partial charge in [-0.3, -0.25) is 4.90 Å². The number of hydrogen-bond donors (Lipinski definition) is 0. The minimum atomic E-state index is -2.34. The summed E-state index contributed by atoms with van der Waals surface area (Å²) in [6, 6.07) is 0. The van der Waals surface area contributed by atoms with Crippen LogP contribution in [0.3, 0.4) is 0 Å². The third kappa shape index (κ3) is 2.05. The van der Waals surface area contributed by atoms with Crippen LogP contribution in [0, 0.1) is 0 Å². The molecule has 0 aromatic heterocycles. The van der Waals surface area contributed by atoms with Gasteiger partial charge >= 0.3 is 6.72 Å². The second-order valence-electron chi connectivity index (χ2n) is 2.79. The molecule has 3 aliphatic heterocycles. The van der Waals surface area contributed by atoms with Crippen LogP contribution in [-0.2, 0) is 25.4 Å². The Balaban J connectivity index is 2.11. The standard InChI is InChI=1S/C6H12NO3PS/c12-11-8-4-1-7(2-5-9-11)3-6-10-11/h1-6H2. The minimum Gasteiger partial charge on any atom is -0.307 e. The predicted molar refractivity (Wildman–Crippen MR) is 48.6 cm³/mol. The van der Waals surface area contributed by atoms with E-state index in [-0.39, 0.29) is 0 Å². The van der Waals surface area contributed by atoms with Gasteiger partial charge in [0.05, 0.1) is 19.8 Å². The molecule has 0 unspecified atom stereocenters. The van der Waals surface area contributed by atoms with Crippen molar-refractivity contribution in [3.8, 4) is 0 Å². The molecular weight excluding hydrogens is 197 g/mol. The number of hydrogen-bond acceptors (Lipinski definition) is 5. The Morgan fingerprint density at radius 3 is 1.75 bits per heavy atom. The van der Waals surface area contributed by atoms with Gasteiger partial charge in [0, 0.05) is 19.6 Å². The van der Waals surface area contributed by atoms with E-state index in [0.717, 1.165) is 19.6 Å². The van der Waals surface area contributed by atoms with Gasteiger partial charge in [-0.2, -0.15) is 0 Å². The second kappa shape index (κ2) is 3.70. The summed E-state index contributed by atoms with van der Waals surface area (Å²) >= 11 is 5.15. The SMILES string of the molecule is S=P12OCCN(CCO1)CCO2. The van der Waals surface area contributed by atoms with Crippen LogP contribution in [0.25, 0.3) is 0 Å². The van der Waals surface area contributed by atoms with Crippen molar-refractivity contribution in [3.63, 3.8) is 0 Å². The topological polar surface area (TPSA) is 30.9 Å². The van der Waals surface area contributed by atoms with E-state index in [1.54, 1.807) is 0 Å². The molecule has 0 aromatic rings. The zero-order valence-corrected chi connectivity index (χ0v) is 8.48. The first-order valence-electron chi connectivity index (χ1n) is 4.05. The zero-order chi connectivity index (χ0) is 8.44. The summed E-state index contributed by atoms with van der Waals surface area (Å²) in [5.41, 5.74) is 0. The monoisotopic (exact) mass is 209 g/mol. The average molecular weight is 209 g/mol. The van der Waals surface area contributed by atoms with Crippen molar-refractivity contribution in [1.82, 2.24) is 4.90 Å². The van der Waals surface area contributed by atoms with Gasteiger partial charge in [-0.15, -0.1) is 0 Å². The first kappa shape index (κ1) is 9.06. The van der Waals surface area contributed by atoms with Gasteiger partial charge in [-0.1, -0.05) is 0 Å². The molecular formula is C6H12NO3PS. The van der Waals surface area contributed by atoms with Crippen LogP contribution in [0.4, 0.5) is 0 Å². The number of nitrogens with zero attached hydrogens (tertiary/aromatic N) is 1. The van der Waals surface area contributed by atoms with E-state index in [4.69, 9.17) is 25.4 Å². The van der Waals surface area contributed by atoms with Gasteiger partial charge in [0.1, 0.15) is 0 Å². The molecule has 0 radical (unpaired) electrons. The molecule has 3 fully saturated rings. The maximum Gasteiger partial charge on any atom is 0.327 e. The lowest BCUT2D eigenvalue weighted by molar-refractivity contribution is 0.0588. The van der Waals surface area contributed by atoms with Crippen molar-refractivity contribution in [2.75, 3.05) is 39.5 Å². The number of fused-ring (bicyclic) bond motifs is 6. The highest BCUT2D eigenvalue weighted by molar-refractivity contribution is 8.07. The smallest absolute Gasteiger partial charge is 0.307 e. The summed E-state index contributed by atoms with van der Waals surface area (Å²) < 4.78 is 16.1. The van der Waals surface area contributed by atoms with Crippen LogP contribution in [0.1, 0.15) is 0 Å². The van der Waals surface area contributed by atoms with E-state index in [2.05, 4.69) is 4.90 Å². The van der Waals surface area contributed by atoms with Gasteiger partial charge in [-0.25, -0.2) is 0 Å². The Morgan fingerprint density at radius 2 is 1.33 bits per heavy atom. The summed E-state index contributed by atoms with van der Waals surface area (Å²) in [7, 11) is 0. The van der Waals surface area contributed by atoms with Crippen LogP contribution < -0.4 is 0 Å². The van der Waals surface area contributed by atoms with Crippen LogP contribution in [0.5, 0.6) is 0 Å². The lowest BCUT2D eigenvalue weighted by atomic mass is 10.4. The summed E-state index contributed by atoms with van der Waals surface area (Å²) in [5.74, 6) is 0. The predicted octanol–water partition coefficient (Wildman–Crippen LogP) is 0.590. The van der Waals surface area contributed by atoms with Crippen molar-refractivity contribution in [1.29, 1.82) is 0 Å². The highest BCUT2D eigenvalue weighted by Crippen LogP contribution is 2.50. The van der Waals surface area contributed by atoms with E-state index in [9.17, 15) is 0 Å². The quantitative estimate of drug-likeness (QED) is 0.545. The molecule has 0 spiro atoms. The molecule has 0 aliphatic carbocycles. The fourth-order valence-electron chi connectivity index (χ4n) is 1.29. The molecule has 70 valence electrons. The Labute approximate surface area is 77.0 Å². The largest absolute Gasteiger partial charge is 0.327 e. The highest BCUT2D eigenvalue weighted by atomic mass is 32.5. The molecule has 3 saturated heterocycles. The Bertz CT molecular complexity index is 180. The van der Waals surface area contributed by atoms with E-state index >= 15 is 0 Å². The fraction of sp³-hybridized carbons (Fsp3) is 1.00. The average Bonchev–Trinajstić information content (AvgIpc) is 1.93. The molecule has 0 saturated carbocycles. The zero-order valence-electron chi connectivity index (χ0n) is 6.77. The molecule has 2 bridgehead atoms. The molecule has 0 N–H and O–H groups in total. The van der Waals surface area contributed by atoms with E-state index in [0.29, 0.717) is 19.8 Å². The summed E-state index contributed by atoms with van der Waals surface area (Å²) in [6.45, 7) is 2.42. The maximum absolute atomic E-state index is 5.38. The Hall–Kier alpha value is 0.490. The molecule has 6 heteroatoms.